The van der Waals surface area contributed by atoms with Gasteiger partial charge in [0, 0.05) is 19.5 Å². The summed E-state index contributed by atoms with van der Waals surface area (Å²) in [5.41, 5.74) is -0.594. The van der Waals surface area contributed by atoms with Crippen LogP contribution < -0.4 is 16.0 Å². The molecule has 0 heterocycles. The summed E-state index contributed by atoms with van der Waals surface area (Å²) in [7, 11) is 0. The van der Waals surface area contributed by atoms with Crippen LogP contribution in [0.3, 0.4) is 0 Å². The molecule has 0 atom stereocenters. The monoisotopic (exact) mass is 257 g/mol. The van der Waals surface area contributed by atoms with Crippen molar-refractivity contribution in [2.75, 3.05) is 19.6 Å². The molecule has 2 amide bonds. The lowest BCUT2D eigenvalue weighted by atomic mass is 10.0. The fraction of sp³-hybridized carbons (Fsp3) is 0.846. The average molecular weight is 257 g/mol. The second kappa shape index (κ2) is 8.08. The van der Waals surface area contributed by atoms with Gasteiger partial charge in [0.25, 0.3) is 0 Å². The van der Waals surface area contributed by atoms with Crippen molar-refractivity contribution in [3.63, 3.8) is 0 Å². The molecule has 5 heteroatoms. The van der Waals surface area contributed by atoms with Crippen LogP contribution >= 0.6 is 0 Å². The van der Waals surface area contributed by atoms with Gasteiger partial charge in [0.15, 0.2) is 0 Å². The first kappa shape index (κ1) is 16.9. The molecule has 0 unspecified atom stereocenters. The quantitative estimate of drug-likeness (QED) is 0.598. The van der Waals surface area contributed by atoms with Crippen LogP contribution in [0.1, 0.15) is 41.0 Å². The van der Waals surface area contributed by atoms with E-state index in [1.165, 1.54) is 0 Å². The van der Waals surface area contributed by atoms with E-state index in [0.717, 1.165) is 6.54 Å². The van der Waals surface area contributed by atoms with Crippen LogP contribution in [0.25, 0.3) is 0 Å². The van der Waals surface area contributed by atoms with E-state index in [4.69, 9.17) is 0 Å². The minimum absolute atomic E-state index is 0.0229. The third-order valence-corrected chi connectivity index (χ3v) is 2.53. The van der Waals surface area contributed by atoms with Crippen molar-refractivity contribution in [1.29, 1.82) is 0 Å². The van der Waals surface area contributed by atoms with Crippen LogP contribution in [-0.2, 0) is 9.59 Å². The Hall–Kier alpha value is -1.10. The molecular weight excluding hydrogens is 230 g/mol. The fourth-order valence-corrected chi connectivity index (χ4v) is 1.44. The van der Waals surface area contributed by atoms with Crippen LogP contribution in [0.5, 0.6) is 0 Å². The molecule has 0 aliphatic heterocycles. The van der Waals surface area contributed by atoms with Gasteiger partial charge >= 0.3 is 0 Å². The van der Waals surface area contributed by atoms with Gasteiger partial charge in [0.2, 0.25) is 11.8 Å². The van der Waals surface area contributed by atoms with Gasteiger partial charge in [-0.3, -0.25) is 9.59 Å². The number of carbonyl (C=O) groups is 2. The number of amides is 2. The number of rotatable bonds is 8. The Morgan fingerprint density at radius 1 is 1.17 bits per heavy atom. The highest BCUT2D eigenvalue weighted by molar-refractivity contribution is 5.86. The summed E-state index contributed by atoms with van der Waals surface area (Å²) < 4.78 is 0. The fourth-order valence-electron chi connectivity index (χ4n) is 1.44. The second-order valence-corrected chi connectivity index (χ2v) is 5.36. The standard InChI is InChI=1S/C13H27N3O2/c1-6-16-13(4,5)12(18)14-8-7-11(17)15-9-10(2)3/h10,16H,6-9H2,1-5H3,(H,14,18)(H,15,17). The Balaban J connectivity index is 3.84. The Morgan fingerprint density at radius 3 is 2.28 bits per heavy atom. The summed E-state index contributed by atoms with van der Waals surface area (Å²) in [4.78, 5) is 23.2. The number of hydrogen-bond donors (Lipinski definition) is 3. The Bertz CT molecular complexity index is 275. The molecule has 5 nitrogen and oxygen atoms in total. The van der Waals surface area contributed by atoms with Gasteiger partial charge in [-0.1, -0.05) is 20.8 Å². The number of likely N-dealkylation sites (N-methyl/N-ethyl adjacent to an activating group) is 1. The molecule has 18 heavy (non-hydrogen) atoms. The van der Waals surface area contributed by atoms with E-state index in [1.807, 2.05) is 34.6 Å². The molecule has 0 aliphatic carbocycles. The van der Waals surface area contributed by atoms with Crippen LogP contribution in [-0.4, -0.2) is 37.0 Å². The van der Waals surface area contributed by atoms with Crippen molar-refractivity contribution < 1.29 is 9.59 Å². The van der Waals surface area contributed by atoms with Gasteiger partial charge in [0.05, 0.1) is 5.54 Å². The van der Waals surface area contributed by atoms with E-state index in [-0.39, 0.29) is 11.8 Å². The molecule has 0 aromatic heterocycles. The predicted octanol–water partition coefficient (Wildman–Crippen LogP) is 0.653. The first-order valence-electron chi connectivity index (χ1n) is 6.59. The minimum Gasteiger partial charge on any atom is -0.356 e. The normalized spacial score (nSPS) is 11.4. The molecule has 0 fully saturated rings. The first-order valence-corrected chi connectivity index (χ1v) is 6.59. The van der Waals surface area contributed by atoms with Crippen LogP contribution in [0.2, 0.25) is 0 Å². The summed E-state index contributed by atoms with van der Waals surface area (Å²) in [5.74, 6) is 0.336. The molecule has 0 aliphatic rings. The van der Waals surface area contributed by atoms with E-state index in [0.29, 0.717) is 25.4 Å². The molecule has 3 N–H and O–H groups in total. The van der Waals surface area contributed by atoms with Gasteiger partial charge in [0.1, 0.15) is 0 Å². The van der Waals surface area contributed by atoms with E-state index in [9.17, 15) is 9.59 Å². The summed E-state index contributed by atoms with van der Waals surface area (Å²) >= 11 is 0. The molecular formula is C13H27N3O2. The maximum atomic E-state index is 11.8. The van der Waals surface area contributed by atoms with Crippen molar-refractivity contribution >= 4 is 11.8 Å². The van der Waals surface area contributed by atoms with Gasteiger partial charge < -0.3 is 16.0 Å². The van der Waals surface area contributed by atoms with E-state index in [2.05, 4.69) is 16.0 Å². The van der Waals surface area contributed by atoms with Crippen molar-refractivity contribution in [2.45, 2.75) is 46.6 Å². The van der Waals surface area contributed by atoms with Crippen LogP contribution in [0.4, 0.5) is 0 Å². The minimum atomic E-state index is -0.594. The summed E-state index contributed by atoms with van der Waals surface area (Å²) in [6.07, 6.45) is 0.320. The third-order valence-electron chi connectivity index (χ3n) is 2.53. The van der Waals surface area contributed by atoms with E-state index >= 15 is 0 Å². The summed E-state index contributed by atoms with van der Waals surface area (Å²) in [6, 6.07) is 0. The molecule has 0 aromatic rings. The van der Waals surface area contributed by atoms with Crippen LogP contribution in [0, 0.1) is 5.92 Å². The van der Waals surface area contributed by atoms with E-state index in [1.54, 1.807) is 0 Å². The van der Waals surface area contributed by atoms with Crippen molar-refractivity contribution in [3.8, 4) is 0 Å². The van der Waals surface area contributed by atoms with Gasteiger partial charge in [-0.15, -0.1) is 0 Å². The maximum absolute atomic E-state index is 11.8. The largest absolute Gasteiger partial charge is 0.356 e. The number of carbonyl (C=O) groups excluding carboxylic acids is 2. The third kappa shape index (κ3) is 7.27. The molecule has 0 bridgehead atoms. The zero-order chi connectivity index (χ0) is 14.2. The number of hydrogen-bond acceptors (Lipinski definition) is 3. The first-order chi connectivity index (χ1) is 8.29. The van der Waals surface area contributed by atoms with Crippen molar-refractivity contribution in [2.24, 2.45) is 5.92 Å². The van der Waals surface area contributed by atoms with Gasteiger partial charge in [-0.25, -0.2) is 0 Å². The zero-order valence-corrected chi connectivity index (χ0v) is 12.2. The Kier molecular flexibility index (Phi) is 7.59. The Labute approximate surface area is 110 Å². The maximum Gasteiger partial charge on any atom is 0.239 e. The second-order valence-electron chi connectivity index (χ2n) is 5.36. The lowest BCUT2D eigenvalue weighted by Gasteiger charge is -2.24. The molecule has 106 valence electrons. The molecule has 0 aromatic carbocycles. The topological polar surface area (TPSA) is 70.2 Å². The van der Waals surface area contributed by atoms with Crippen molar-refractivity contribution in [3.05, 3.63) is 0 Å². The molecule has 0 spiro atoms. The van der Waals surface area contributed by atoms with Crippen molar-refractivity contribution in [1.82, 2.24) is 16.0 Å². The molecule has 0 radical (unpaired) electrons. The SMILES string of the molecule is CCNC(C)(C)C(=O)NCCC(=O)NCC(C)C. The van der Waals surface area contributed by atoms with Crippen LogP contribution in [0.15, 0.2) is 0 Å². The van der Waals surface area contributed by atoms with Gasteiger partial charge in [-0.05, 0) is 26.3 Å². The molecule has 0 rings (SSSR count). The highest BCUT2D eigenvalue weighted by Gasteiger charge is 2.25. The summed E-state index contributed by atoms with van der Waals surface area (Å²) in [5, 5.41) is 8.67. The van der Waals surface area contributed by atoms with E-state index < -0.39 is 5.54 Å². The predicted molar refractivity (Wildman–Crippen MR) is 73.2 cm³/mol. The summed E-state index contributed by atoms with van der Waals surface area (Å²) in [6.45, 7) is 11.5. The lowest BCUT2D eigenvalue weighted by Crippen LogP contribution is -2.53. The zero-order valence-electron chi connectivity index (χ0n) is 12.2. The highest BCUT2D eigenvalue weighted by atomic mass is 16.2. The highest BCUT2D eigenvalue weighted by Crippen LogP contribution is 2.01. The smallest absolute Gasteiger partial charge is 0.239 e. The number of nitrogens with one attached hydrogen (secondary N) is 3. The molecule has 0 saturated carbocycles. The molecule has 0 saturated heterocycles. The lowest BCUT2D eigenvalue weighted by molar-refractivity contribution is -0.126. The average Bonchev–Trinajstić information content (AvgIpc) is 2.26. The van der Waals surface area contributed by atoms with Gasteiger partial charge in [-0.2, -0.15) is 0 Å². The Morgan fingerprint density at radius 2 is 1.78 bits per heavy atom.